The average Bonchev–Trinajstić information content (AvgIpc) is 3.41. The minimum absolute atomic E-state index is 0.259. The molecule has 8 heteroatoms. The molecule has 2 aliphatic rings. The molecule has 6 rings (SSSR count). The van der Waals surface area contributed by atoms with Gasteiger partial charge in [0.15, 0.2) is 0 Å². The maximum absolute atomic E-state index is 13.6. The maximum Gasteiger partial charge on any atom is 0.240 e. The third-order valence-electron chi connectivity index (χ3n) is 8.89. The molecule has 1 aliphatic carbocycles. The first-order chi connectivity index (χ1) is 19.5. The number of hydrogen-bond donors (Lipinski definition) is 2. The number of fused-ring (bicyclic) bond motifs is 1. The number of sulfonamides is 1. The second kappa shape index (κ2) is 11.8. The molecule has 2 N–H and O–H groups in total. The fourth-order valence-electron chi connectivity index (χ4n) is 6.62. The zero-order valence-corrected chi connectivity index (χ0v) is 23.5. The zero-order valence-electron chi connectivity index (χ0n) is 22.7. The summed E-state index contributed by atoms with van der Waals surface area (Å²) in [5, 5.41) is 8.52. The van der Waals surface area contributed by atoms with Crippen LogP contribution in [-0.2, 0) is 10.0 Å². The predicted molar refractivity (Wildman–Crippen MR) is 157 cm³/mol. The van der Waals surface area contributed by atoms with Gasteiger partial charge in [-0.2, -0.15) is 5.10 Å². The van der Waals surface area contributed by atoms with E-state index in [0.29, 0.717) is 34.7 Å². The number of benzene rings is 3. The Kier molecular flexibility index (Phi) is 8.01. The molecule has 210 valence electrons. The molecule has 4 aromatic rings. The molecule has 0 radical (unpaired) electrons. The number of halogens is 1. The van der Waals surface area contributed by atoms with Gasteiger partial charge < -0.3 is 4.90 Å². The van der Waals surface area contributed by atoms with Crippen LogP contribution >= 0.6 is 0 Å². The molecule has 0 bridgehead atoms. The zero-order chi connectivity index (χ0) is 27.5. The van der Waals surface area contributed by atoms with E-state index in [1.54, 1.807) is 12.1 Å². The molecule has 1 aromatic heterocycles. The highest BCUT2D eigenvalue weighted by atomic mass is 32.2. The third-order valence-corrected chi connectivity index (χ3v) is 10.3. The van der Waals surface area contributed by atoms with Crippen LogP contribution in [0, 0.1) is 17.7 Å². The molecule has 6 nitrogen and oxygen atoms in total. The van der Waals surface area contributed by atoms with E-state index >= 15 is 0 Å². The second-order valence-electron chi connectivity index (χ2n) is 11.4. The van der Waals surface area contributed by atoms with Gasteiger partial charge in [0.1, 0.15) is 5.82 Å². The average molecular weight is 561 g/mol. The number of piperidine rings is 1. The van der Waals surface area contributed by atoms with E-state index in [0.717, 1.165) is 73.9 Å². The van der Waals surface area contributed by atoms with Gasteiger partial charge in [-0.05, 0) is 86.0 Å². The van der Waals surface area contributed by atoms with E-state index in [-0.39, 0.29) is 5.82 Å². The van der Waals surface area contributed by atoms with Gasteiger partial charge in [-0.25, -0.2) is 17.5 Å². The highest BCUT2D eigenvalue weighted by Gasteiger charge is 2.31. The summed E-state index contributed by atoms with van der Waals surface area (Å²) in [4.78, 5) is 2.87. The number of H-pyrrole nitrogens is 1. The molecular weight excluding hydrogens is 523 g/mol. The van der Waals surface area contributed by atoms with Crippen LogP contribution in [0.15, 0.2) is 77.7 Å². The summed E-state index contributed by atoms with van der Waals surface area (Å²) in [6, 6.07) is 21.9. The van der Waals surface area contributed by atoms with Crippen molar-refractivity contribution < 1.29 is 12.8 Å². The first kappa shape index (κ1) is 27.1. The molecular formula is C32H37FN4O2S. The molecule has 40 heavy (non-hydrogen) atoms. The Balaban J connectivity index is 1.06. The number of likely N-dealkylation sites (tertiary alicyclic amines) is 1. The molecule has 2 fully saturated rings. The summed E-state index contributed by atoms with van der Waals surface area (Å²) in [7, 11) is -3.60. The van der Waals surface area contributed by atoms with Crippen LogP contribution in [0.1, 0.15) is 50.1 Å². The van der Waals surface area contributed by atoms with Crippen molar-refractivity contribution >= 4 is 20.9 Å². The van der Waals surface area contributed by atoms with E-state index in [1.807, 2.05) is 48.5 Å². The first-order valence-electron chi connectivity index (χ1n) is 14.5. The van der Waals surface area contributed by atoms with Crippen LogP contribution < -0.4 is 4.72 Å². The van der Waals surface area contributed by atoms with Crippen molar-refractivity contribution in [3.05, 3.63) is 84.3 Å². The minimum Gasteiger partial charge on any atom is -0.303 e. The van der Waals surface area contributed by atoms with Crippen molar-refractivity contribution in [1.29, 1.82) is 0 Å². The molecule has 0 unspecified atom stereocenters. The van der Waals surface area contributed by atoms with Crippen molar-refractivity contribution in [2.24, 2.45) is 11.8 Å². The monoisotopic (exact) mass is 560 g/mol. The van der Waals surface area contributed by atoms with Crippen LogP contribution in [0.4, 0.5) is 4.39 Å². The highest BCUT2D eigenvalue weighted by Crippen LogP contribution is 2.35. The van der Waals surface area contributed by atoms with Gasteiger partial charge in [0.05, 0.1) is 10.4 Å². The summed E-state index contributed by atoms with van der Waals surface area (Å²) < 4.78 is 43.1. The molecule has 1 saturated heterocycles. The topological polar surface area (TPSA) is 78.1 Å². The van der Waals surface area contributed by atoms with Crippen LogP contribution in [0.2, 0.25) is 0 Å². The fourth-order valence-corrected chi connectivity index (χ4v) is 7.76. The van der Waals surface area contributed by atoms with Crippen molar-refractivity contribution in [2.45, 2.75) is 49.3 Å². The lowest BCUT2D eigenvalue weighted by Gasteiger charge is -2.38. The molecule has 2 atom stereocenters. The molecule has 1 saturated carbocycles. The van der Waals surface area contributed by atoms with Crippen LogP contribution in [0.25, 0.3) is 22.0 Å². The number of nitrogens with zero attached hydrogens (tertiary/aromatic N) is 2. The Morgan fingerprint density at radius 1 is 0.875 bits per heavy atom. The third kappa shape index (κ3) is 5.99. The van der Waals surface area contributed by atoms with E-state index < -0.39 is 10.0 Å². The molecule has 0 spiro atoms. The van der Waals surface area contributed by atoms with E-state index in [1.165, 1.54) is 18.6 Å². The summed E-state index contributed by atoms with van der Waals surface area (Å²) in [5.41, 5.74) is 3.72. The quantitative estimate of drug-likeness (QED) is 0.264. The summed E-state index contributed by atoms with van der Waals surface area (Å²) in [5.74, 6) is 0.960. The lowest BCUT2D eigenvalue weighted by molar-refractivity contribution is 0.129. The lowest BCUT2D eigenvalue weighted by atomic mass is 9.78. The Labute approximate surface area is 236 Å². The van der Waals surface area contributed by atoms with Crippen LogP contribution in [0.3, 0.4) is 0 Å². The first-order valence-corrected chi connectivity index (χ1v) is 16.0. The van der Waals surface area contributed by atoms with Gasteiger partial charge >= 0.3 is 0 Å². The van der Waals surface area contributed by atoms with Gasteiger partial charge in [-0.1, -0.05) is 55.3 Å². The Morgan fingerprint density at radius 3 is 2.42 bits per heavy atom. The maximum atomic E-state index is 13.6. The Hall–Kier alpha value is -3.07. The lowest BCUT2D eigenvalue weighted by Crippen LogP contribution is -2.42. The number of hydrogen-bond acceptors (Lipinski definition) is 4. The Morgan fingerprint density at radius 2 is 1.62 bits per heavy atom. The number of rotatable bonds is 8. The number of nitrogens with one attached hydrogen (secondary N) is 2. The smallest absolute Gasteiger partial charge is 0.240 e. The van der Waals surface area contributed by atoms with Gasteiger partial charge in [0, 0.05) is 36.2 Å². The van der Waals surface area contributed by atoms with E-state index in [9.17, 15) is 12.8 Å². The largest absolute Gasteiger partial charge is 0.303 e. The fraction of sp³-hybridized carbons (Fsp3) is 0.406. The Bertz CT molecular complexity index is 1550. The summed E-state index contributed by atoms with van der Waals surface area (Å²) >= 11 is 0. The van der Waals surface area contributed by atoms with Crippen molar-refractivity contribution in [2.75, 3.05) is 26.2 Å². The van der Waals surface area contributed by atoms with Crippen LogP contribution in [0.5, 0.6) is 0 Å². The molecule has 0 amide bonds. The van der Waals surface area contributed by atoms with Crippen LogP contribution in [-0.4, -0.2) is 49.7 Å². The molecule has 2 heterocycles. The van der Waals surface area contributed by atoms with Crippen molar-refractivity contribution in [3.63, 3.8) is 0 Å². The van der Waals surface area contributed by atoms with Crippen molar-refractivity contribution in [3.8, 4) is 11.1 Å². The number of aromatic amines is 1. The van der Waals surface area contributed by atoms with Gasteiger partial charge in [0.25, 0.3) is 0 Å². The summed E-state index contributed by atoms with van der Waals surface area (Å²) in [6.07, 6.45) is 6.64. The van der Waals surface area contributed by atoms with Crippen molar-refractivity contribution in [1.82, 2.24) is 19.8 Å². The standard InChI is InChI=1S/C32H37FN4O2S/c33-28-13-14-30-31(20-28)35-36-32(30)24-15-17-37(18-16-24)22-27-10-5-4-9-26(27)21-34-40(38,39)29-12-6-11-25(19-29)23-7-2-1-3-8-23/h1-3,6-8,11-14,19-20,24,26-27,34H,4-5,9-10,15-18,21-22H2,(H,35,36)/t26-,27-/m0/s1. The summed E-state index contributed by atoms with van der Waals surface area (Å²) in [6.45, 7) is 3.51. The van der Waals surface area contributed by atoms with Gasteiger partial charge in [0.2, 0.25) is 10.0 Å². The SMILES string of the molecule is O=S(=O)(NC[C@@H]1CCCC[C@H]1CN1CCC(c2[nH]nc3cc(F)ccc23)CC1)c1cccc(-c2ccccc2)c1. The van der Waals surface area contributed by atoms with E-state index in [4.69, 9.17) is 0 Å². The minimum atomic E-state index is -3.60. The van der Waals surface area contributed by atoms with Gasteiger partial charge in [-0.3, -0.25) is 5.10 Å². The normalized spacial score (nSPS) is 21.1. The van der Waals surface area contributed by atoms with E-state index in [2.05, 4.69) is 19.8 Å². The molecule has 3 aromatic carbocycles. The van der Waals surface area contributed by atoms with Gasteiger partial charge in [-0.15, -0.1) is 0 Å². The predicted octanol–water partition coefficient (Wildman–Crippen LogP) is 6.33. The molecule has 1 aliphatic heterocycles. The second-order valence-corrected chi connectivity index (χ2v) is 13.2. The number of aromatic nitrogens is 2. The highest BCUT2D eigenvalue weighted by molar-refractivity contribution is 7.89.